The van der Waals surface area contributed by atoms with Crippen molar-refractivity contribution in [3.05, 3.63) is 0 Å². The summed E-state index contributed by atoms with van der Waals surface area (Å²) < 4.78 is 4.89. The van der Waals surface area contributed by atoms with Crippen molar-refractivity contribution in [2.24, 2.45) is 0 Å². The zero-order chi connectivity index (χ0) is 13.0. The number of carbonyl (C=O) groups is 1. The summed E-state index contributed by atoms with van der Waals surface area (Å²) in [5.41, 5.74) is 0. The number of hydrogen-bond acceptors (Lipinski definition) is 6. The highest BCUT2D eigenvalue weighted by Crippen LogP contribution is 2.19. The van der Waals surface area contributed by atoms with Crippen LogP contribution >= 0.6 is 0 Å². The average molecular weight is 249 g/mol. The highest BCUT2D eigenvalue weighted by atomic mass is 16.6. The lowest BCUT2D eigenvalue weighted by Crippen LogP contribution is -2.64. The van der Waals surface area contributed by atoms with Crippen LogP contribution in [0.5, 0.6) is 0 Å². The lowest BCUT2D eigenvalue weighted by molar-refractivity contribution is -0.253. The average Bonchev–Trinajstić information content (AvgIpc) is 2.29. The van der Waals surface area contributed by atoms with Gasteiger partial charge in [-0.05, 0) is 6.42 Å². The fourth-order valence-electron chi connectivity index (χ4n) is 1.74. The fraction of sp³-hybridized carbons (Fsp3) is 0.900. The molecule has 1 amide bonds. The summed E-state index contributed by atoms with van der Waals surface area (Å²) in [6.45, 7) is 1.30. The molecule has 5 N–H and O–H groups in total. The number of aliphatic hydroxyl groups is 4. The second kappa shape index (κ2) is 6.27. The topological polar surface area (TPSA) is 119 Å². The predicted octanol–water partition coefficient (Wildman–Crippen LogP) is -2.30. The minimum absolute atomic E-state index is 0.259. The van der Waals surface area contributed by atoms with E-state index in [1.807, 2.05) is 6.92 Å². The standard InChI is InChI=1S/C10H19NO6/c1-2-3-6(13)11-7-9(15)8(14)5(4-12)17-10(7)16/h5,7-10,12,14-16H,2-4H2,1H3,(H,11,13)/t5?,7?,8-,9-,10-/m1/s1. The molecule has 1 rings (SSSR count). The second-order valence-electron chi connectivity index (χ2n) is 4.07. The summed E-state index contributed by atoms with van der Waals surface area (Å²) >= 11 is 0. The molecule has 17 heavy (non-hydrogen) atoms. The van der Waals surface area contributed by atoms with Crippen LogP contribution in [-0.4, -0.2) is 63.6 Å². The van der Waals surface area contributed by atoms with E-state index in [4.69, 9.17) is 9.84 Å². The Labute approximate surface area is 99.0 Å². The summed E-state index contributed by atoms with van der Waals surface area (Å²) in [5.74, 6) is -0.339. The van der Waals surface area contributed by atoms with Crippen molar-refractivity contribution in [2.75, 3.05) is 6.61 Å². The Morgan fingerprint density at radius 1 is 1.29 bits per heavy atom. The third-order valence-corrected chi connectivity index (χ3v) is 2.70. The van der Waals surface area contributed by atoms with Crippen molar-refractivity contribution in [1.82, 2.24) is 5.32 Å². The largest absolute Gasteiger partial charge is 0.394 e. The van der Waals surface area contributed by atoms with Gasteiger partial charge in [0.25, 0.3) is 0 Å². The highest BCUT2D eigenvalue weighted by Gasteiger charge is 2.44. The molecule has 100 valence electrons. The lowest BCUT2D eigenvalue weighted by Gasteiger charge is -2.40. The number of nitrogens with one attached hydrogen (secondary N) is 1. The van der Waals surface area contributed by atoms with E-state index in [9.17, 15) is 20.1 Å². The maximum Gasteiger partial charge on any atom is 0.220 e. The van der Waals surface area contributed by atoms with Gasteiger partial charge >= 0.3 is 0 Å². The molecule has 2 unspecified atom stereocenters. The second-order valence-corrected chi connectivity index (χ2v) is 4.07. The SMILES string of the molecule is CCCC(=O)NC1[C@H](O)OC(CO)[C@@H](O)[C@@H]1O. The number of aliphatic hydroxyl groups excluding tert-OH is 4. The van der Waals surface area contributed by atoms with Crippen LogP contribution in [-0.2, 0) is 9.53 Å². The first-order chi connectivity index (χ1) is 8.01. The molecule has 0 aromatic carbocycles. The Morgan fingerprint density at radius 3 is 2.47 bits per heavy atom. The normalized spacial score (nSPS) is 37.8. The molecule has 1 fully saturated rings. The Hall–Kier alpha value is -0.730. The summed E-state index contributed by atoms with van der Waals surface area (Å²) in [4.78, 5) is 11.3. The molecule has 1 aliphatic rings. The van der Waals surface area contributed by atoms with Crippen molar-refractivity contribution in [3.63, 3.8) is 0 Å². The molecule has 0 radical (unpaired) electrons. The first-order valence-electron chi connectivity index (χ1n) is 5.61. The van der Waals surface area contributed by atoms with Crippen LogP contribution in [0.4, 0.5) is 0 Å². The van der Waals surface area contributed by atoms with Crippen molar-refractivity contribution in [2.45, 2.75) is 50.4 Å². The van der Waals surface area contributed by atoms with Crippen LogP contribution in [0.25, 0.3) is 0 Å². The molecule has 7 nitrogen and oxygen atoms in total. The van der Waals surface area contributed by atoms with E-state index in [2.05, 4.69) is 5.32 Å². The first-order valence-corrected chi connectivity index (χ1v) is 5.61. The molecule has 0 aliphatic carbocycles. The maximum atomic E-state index is 11.3. The molecular weight excluding hydrogens is 230 g/mol. The van der Waals surface area contributed by atoms with Gasteiger partial charge in [0, 0.05) is 6.42 Å². The van der Waals surface area contributed by atoms with Crippen LogP contribution in [0, 0.1) is 0 Å². The van der Waals surface area contributed by atoms with Crippen LogP contribution in [0.3, 0.4) is 0 Å². The molecule has 0 saturated carbocycles. The van der Waals surface area contributed by atoms with Crippen molar-refractivity contribution in [3.8, 4) is 0 Å². The Morgan fingerprint density at radius 2 is 1.94 bits per heavy atom. The monoisotopic (exact) mass is 249 g/mol. The van der Waals surface area contributed by atoms with Gasteiger partial charge in [-0.3, -0.25) is 4.79 Å². The lowest BCUT2D eigenvalue weighted by atomic mass is 9.97. The number of rotatable bonds is 4. The van der Waals surface area contributed by atoms with Crippen LogP contribution in [0.1, 0.15) is 19.8 Å². The third kappa shape index (κ3) is 3.36. The van der Waals surface area contributed by atoms with Crippen LogP contribution in [0.2, 0.25) is 0 Å². The van der Waals surface area contributed by atoms with Crippen molar-refractivity contribution in [1.29, 1.82) is 0 Å². The molecule has 1 saturated heterocycles. The Kier molecular flexibility index (Phi) is 5.29. The summed E-state index contributed by atoms with van der Waals surface area (Å²) in [6.07, 6.45) is -4.35. The van der Waals surface area contributed by atoms with E-state index in [0.29, 0.717) is 6.42 Å². The summed E-state index contributed by atoms with van der Waals surface area (Å²) in [5, 5.41) is 40.1. The van der Waals surface area contributed by atoms with E-state index >= 15 is 0 Å². The van der Waals surface area contributed by atoms with Gasteiger partial charge in [-0.15, -0.1) is 0 Å². The quantitative estimate of drug-likeness (QED) is 0.382. The minimum atomic E-state index is -1.45. The van der Waals surface area contributed by atoms with Crippen LogP contribution in [0.15, 0.2) is 0 Å². The molecule has 0 aromatic rings. The molecule has 1 aliphatic heterocycles. The molecule has 1 heterocycles. The zero-order valence-electron chi connectivity index (χ0n) is 9.61. The van der Waals surface area contributed by atoms with Gasteiger partial charge in [0.2, 0.25) is 5.91 Å². The molecule has 5 atom stereocenters. The maximum absolute atomic E-state index is 11.3. The van der Waals surface area contributed by atoms with E-state index < -0.39 is 37.3 Å². The molecule has 7 heteroatoms. The first kappa shape index (κ1) is 14.3. The van der Waals surface area contributed by atoms with E-state index in [1.54, 1.807) is 0 Å². The van der Waals surface area contributed by atoms with Gasteiger partial charge in [0.1, 0.15) is 24.4 Å². The van der Waals surface area contributed by atoms with Gasteiger partial charge in [-0.2, -0.15) is 0 Å². The van der Waals surface area contributed by atoms with Gasteiger partial charge in [-0.25, -0.2) is 0 Å². The van der Waals surface area contributed by atoms with Gasteiger partial charge in [0.05, 0.1) is 6.61 Å². The summed E-state index contributed by atoms with van der Waals surface area (Å²) in [7, 11) is 0. The zero-order valence-corrected chi connectivity index (χ0v) is 9.61. The fourth-order valence-corrected chi connectivity index (χ4v) is 1.74. The van der Waals surface area contributed by atoms with E-state index in [-0.39, 0.29) is 12.3 Å². The van der Waals surface area contributed by atoms with Gasteiger partial charge in [0.15, 0.2) is 6.29 Å². The van der Waals surface area contributed by atoms with Crippen molar-refractivity contribution < 1.29 is 30.0 Å². The Bertz CT molecular complexity index is 261. The van der Waals surface area contributed by atoms with Gasteiger partial charge in [-0.1, -0.05) is 6.92 Å². The highest BCUT2D eigenvalue weighted by molar-refractivity contribution is 5.76. The third-order valence-electron chi connectivity index (χ3n) is 2.70. The Balaban J connectivity index is 2.63. The van der Waals surface area contributed by atoms with E-state index in [1.165, 1.54) is 0 Å². The smallest absolute Gasteiger partial charge is 0.220 e. The van der Waals surface area contributed by atoms with E-state index in [0.717, 1.165) is 0 Å². The molecule has 0 spiro atoms. The number of ether oxygens (including phenoxy) is 1. The molecule has 0 aromatic heterocycles. The van der Waals surface area contributed by atoms with Crippen molar-refractivity contribution >= 4 is 5.91 Å². The summed E-state index contributed by atoms with van der Waals surface area (Å²) in [6, 6.07) is -1.09. The van der Waals surface area contributed by atoms with Crippen LogP contribution < -0.4 is 5.32 Å². The number of carbonyl (C=O) groups excluding carboxylic acids is 1. The number of hydrogen-bond donors (Lipinski definition) is 5. The predicted molar refractivity (Wildman–Crippen MR) is 56.8 cm³/mol. The number of amides is 1. The molecule has 0 bridgehead atoms. The minimum Gasteiger partial charge on any atom is -0.394 e. The van der Waals surface area contributed by atoms with Gasteiger partial charge < -0.3 is 30.5 Å². The molecular formula is C10H19NO6.